The van der Waals surface area contributed by atoms with Crippen LogP contribution in [0.15, 0.2) is 0 Å². The summed E-state index contributed by atoms with van der Waals surface area (Å²) in [6.45, 7) is 9.92. The third kappa shape index (κ3) is 5.83. The summed E-state index contributed by atoms with van der Waals surface area (Å²) in [5.41, 5.74) is 0. The molecule has 0 aromatic carbocycles. The lowest BCUT2D eigenvalue weighted by atomic mass is 10.1. The van der Waals surface area contributed by atoms with E-state index >= 15 is 0 Å². The molecule has 0 bridgehead atoms. The molecule has 0 radical (unpaired) electrons. The molecule has 0 amide bonds. The van der Waals surface area contributed by atoms with E-state index in [1.165, 1.54) is 25.8 Å². The van der Waals surface area contributed by atoms with Crippen LogP contribution in [0.2, 0.25) is 0 Å². The first-order valence-corrected chi connectivity index (χ1v) is 6.72. The lowest BCUT2D eigenvalue weighted by Crippen LogP contribution is -2.39. The van der Waals surface area contributed by atoms with Gasteiger partial charge >= 0.3 is 0 Å². The van der Waals surface area contributed by atoms with E-state index in [0.29, 0.717) is 6.04 Å². The molecule has 1 fully saturated rings. The van der Waals surface area contributed by atoms with Gasteiger partial charge in [-0.25, -0.2) is 0 Å². The van der Waals surface area contributed by atoms with Gasteiger partial charge in [-0.2, -0.15) is 0 Å². The Labute approximate surface area is 101 Å². The fraction of sp³-hybridized carbons (Fsp3) is 1.00. The van der Waals surface area contributed by atoms with E-state index in [2.05, 4.69) is 31.1 Å². The number of rotatable bonds is 7. The third-order valence-corrected chi connectivity index (χ3v) is 3.47. The molecule has 1 aliphatic rings. The Bertz CT molecular complexity index is 169. The van der Waals surface area contributed by atoms with Crippen molar-refractivity contribution in [3.05, 3.63) is 0 Å². The Morgan fingerprint density at radius 1 is 1.38 bits per heavy atom. The molecule has 0 aromatic rings. The summed E-state index contributed by atoms with van der Waals surface area (Å²) in [4.78, 5) is 2.43. The Balaban J connectivity index is 2.00. The number of likely N-dealkylation sites (N-methyl/N-ethyl adjacent to an activating group) is 1. The molecule has 1 heterocycles. The number of hydrogen-bond donors (Lipinski definition) is 1. The molecule has 16 heavy (non-hydrogen) atoms. The van der Waals surface area contributed by atoms with Crippen molar-refractivity contribution in [2.45, 2.75) is 39.2 Å². The molecule has 0 saturated carbocycles. The topological polar surface area (TPSA) is 24.5 Å². The van der Waals surface area contributed by atoms with Crippen LogP contribution in [-0.4, -0.2) is 50.8 Å². The maximum absolute atomic E-state index is 5.34. The summed E-state index contributed by atoms with van der Waals surface area (Å²) in [6.07, 6.45) is 3.63. The standard InChI is InChI=1S/C13H28N2O/c1-4-12(2)11-15(3)8-7-14-13-5-9-16-10-6-13/h12-14H,4-11H2,1-3H3. The zero-order valence-electron chi connectivity index (χ0n) is 11.2. The first-order chi connectivity index (χ1) is 7.72. The van der Waals surface area contributed by atoms with Gasteiger partial charge < -0.3 is 15.0 Å². The SMILES string of the molecule is CCC(C)CN(C)CCNC1CCOCC1. The monoisotopic (exact) mass is 228 g/mol. The summed E-state index contributed by atoms with van der Waals surface area (Å²) in [5, 5.41) is 3.62. The molecule has 0 aliphatic carbocycles. The van der Waals surface area contributed by atoms with Crippen molar-refractivity contribution in [1.29, 1.82) is 0 Å². The summed E-state index contributed by atoms with van der Waals surface area (Å²) in [7, 11) is 2.22. The van der Waals surface area contributed by atoms with Gasteiger partial charge in [0.2, 0.25) is 0 Å². The maximum atomic E-state index is 5.34. The van der Waals surface area contributed by atoms with Crippen molar-refractivity contribution in [3.8, 4) is 0 Å². The summed E-state index contributed by atoms with van der Waals surface area (Å²) < 4.78 is 5.34. The second-order valence-electron chi connectivity index (χ2n) is 5.12. The molecule has 1 unspecified atom stereocenters. The Hall–Kier alpha value is -0.120. The highest BCUT2D eigenvalue weighted by molar-refractivity contribution is 4.70. The van der Waals surface area contributed by atoms with Crippen LogP contribution in [0, 0.1) is 5.92 Å². The quantitative estimate of drug-likeness (QED) is 0.718. The number of nitrogens with one attached hydrogen (secondary N) is 1. The molecule has 3 heteroatoms. The van der Waals surface area contributed by atoms with Crippen molar-refractivity contribution in [2.24, 2.45) is 5.92 Å². The average molecular weight is 228 g/mol. The molecule has 1 atom stereocenters. The fourth-order valence-corrected chi connectivity index (χ4v) is 2.11. The molecule has 1 aliphatic heterocycles. The first-order valence-electron chi connectivity index (χ1n) is 6.72. The predicted molar refractivity (Wildman–Crippen MR) is 68.8 cm³/mol. The normalized spacial score (nSPS) is 20.2. The van der Waals surface area contributed by atoms with Crippen molar-refractivity contribution >= 4 is 0 Å². The Morgan fingerprint density at radius 2 is 2.06 bits per heavy atom. The minimum atomic E-state index is 0.686. The number of ether oxygens (including phenoxy) is 1. The first kappa shape index (κ1) is 13.9. The molecule has 3 nitrogen and oxygen atoms in total. The summed E-state index contributed by atoms with van der Waals surface area (Å²) in [6, 6.07) is 0.686. The van der Waals surface area contributed by atoms with Gasteiger partial charge in [-0.3, -0.25) is 0 Å². The highest BCUT2D eigenvalue weighted by Gasteiger charge is 2.12. The van der Waals surface area contributed by atoms with Crippen LogP contribution in [0.4, 0.5) is 0 Å². The highest BCUT2D eigenvalue weighted by Crippen LogP contribution is 2.06. The molecule has 0 aromatic heterocycles. The Morgan fingerprint density at radius 3 is 2.69 bits per heavy atom. The smallest absolute Gasteiger partial charge is 0.0480 e. The minimum Gasteiger partial charge on any atom is -0.381 e. The summed E-state index contributed by atoms with van der Waals surface area (Å²) in [5.74, 6) is 0.813. The van der Waals surface area contributed by atoms with Crippen LogP contribution in [0.25, 0.3) is 0 Å². The molecule has 96 valence electrons. The zero-order chi connectivity index (χ0) is 11.8. The molecule has 0 spiro atoms. The van der Waals surface area contributed by atoms with Gasteiger partial charge in [-0.05, 0) is 25.8 Å². The average Bonchev–Trinajstić information content (AvgIpc) is 2.30. The minimum absolute atomic E-state index is 0.686. The van der Waals surface area contributed by atoms with Crippen LogP contribution < -0.4 is 5.32 Å². The molecular weight excluding hydrogens is 200 g/mol. The van der Waals surface area contributed by atoms with Crippen LogP contribution in [0.1, 0.15) is 33.1 Å². The van der Waals surface area contributed by atoms with Crippen LogP contribution in [-0.2, 0) is 4.74 Å². The van der Waals surface area contributed by atoms with E-state index in [-0.39, 0.29) is 0 Å². The highest BCUT2D eigenvalue weighted by atomic mass is 16.5. The molecule has 1 N–H and O–H groups in total. The van der Waals surface area contributed by atoms with Crippen LogP contribution >= 0.6 is 0 Å². The molecular formula is C13H28N2O. The van der Waals surface area contributed by atoms with Gasteiger partial charge in [-0.1, -0.05) is 20.3 Å². The van der Waals surface area contributed by atoms with E-state index in [1.807, 2.05) is 0 Å². The van der Waals surface area contributed by atoms with Gasteiger partial charge in [0.1, 0.15) is 0 Å². The fourth-order valence-electron chi connectivity index (χ4n) is 2.11. The number of hydrogen-bond acceptors (Lipinski definition) is 3. The second kappa shape index (κ2) is 8.04. The van der Waals surface area contributed by atoms with Crippen molar-refractivity contribution < 1.29 is 4.74 Å². The Kier molecular flexibility index (Phi) is 7.01. The summed E-state index contributed by atoms with van der Waals surface area (Å²) >= 11 is 0. The van der Waals surface area contributed by atoms with Gasteiger partial charge in [-0.15, -0.1) is 0 Å². The molecule has 1 saturated heterocycles. The van der Waals surface area contributed by atoms with E-state index < -0.39 is 0 Å². The van der Waals surface area contributed by atoms with Gasteiger partial charge in [0, 0.05) is 38.9 Å². The predicted octanol–water partition coefficient (Wildman–Crippen LogP) is 1.73. The van der Waals surface area contributed by atoms with Crippen molar-refractivity contribution in [2.75, 3.05) is 39.9 Å². The third-order valence-electron chi connectivity index (χ3n) is 3.47. The van der Waals surface area contributed by atoms with E-state index in [4.69, 9.17) is 4.74 Å². The lowest BCUT2D eigenvalue weighted by Gasteiger charge is -2.25. The largest absolute Gasteiger partial charge is 0.381 e. The van der Waals surface area contributed by atoms with Crippen LogP contribution in [0.5, 0.6) is 0 Å². The second-order valence-corrected chi connectivity index (χ2v) is 5.12. The van der Waals surface area contributed by atoms with Gasteiger partial charge in [0.05, 0.1) is 0 Å². The van der Waals surface area contributed by atoms with E-state index in [1.54, 1.807) is 0 Å². The number of nitrogens with zero attached hydrogens (tertiary/aromatic N) is 1. The maximum Gasteiger partial charge on any atom is 0.0480 e. The van der Waals surface area contributed by atoms with Crippen LogP contribution in [0.3, 0.4) is 0 Å². The van der Waals surface area contributed by atoms with E-state index in [9.17, 15) is 0 Å². The zero-order valence-corrected chi connectivity index (χ0v) is 11.2. The van der Waals surface area contributed by atoms with Gasteiger partial charge in [0.15, 0.2) is 0 Å². The van der Waals surface area contributed by atoms with E-state index in [0.717, 1.165) is 32.2 Å². The lowest BCUT2D eigenvalue weighted by molar-refractivity contribution is 0.0773. The molecule has 1 rings (SSSR count). The van der Waals surface area contributed by atoms with Crippen molar-refractivity contribution in [1.82, 2.24) is 10.2 Å². The van der Waals surface area contributed by atoms with Gasteiger partial charge in [0.25, 0.3) is 0 Å². The van der Waals surface area contributed by atoms with Crippen molar-refractivity contribution in [3.63, 3.8) is 0 Å².